The topological polar surface area (TPSA) is 61.8 Å². The summed E-state index contributed by atoms with van der Waals surface area (Å²) in [4.78, 5) is 26.7. The third-order valence-corrected chi connectivity index (χ3v) is 6.07. The van der Waals surface area contributed by atoms with Crippen LogP contribution in [0.1, 0.15) is 87.9 Å². The number of ether oxygens (including phenoxy) is 3. The molecule has 30 heavy (non-hydrogen) atoms. The fourth-order valence-corrected chi connectivity index (χ4v) is 4.38. The fraction of sp³-hybridized carbons (Fsp3) is 0.680. The van der Waals surface area contributed by atoms with Gasteiger partial charge in [0.05, 0.1) is 20.8 Å². The van der Waals surface area contributed by atoms with Crippen molar-refractivity contribution in [2.75, 3.05) is 20.8 Å². The van der Waals surface area contributed by atoms with Gasteiger partial charge < -0.3 is 14.2 Å². The number of hydrogen-bond donors (Lipinski definition) is 0. The van der Waals surface area contributed by atoms with E-state index in [1.165, 1.54) is 33.5 Å². The maximum Gasteiger partial charge on any atom is 0.317 e. The molecule has 2 rings (SSSR count). The van der Waals surface area contributed by atoms with Gasteiger partial charge in [0.25, 0.3) is 0 Å². The van der Waals surface area contributed by atoms with Crippen LogP contribution in [0.4, 0.5) is 0 Å². The third kappa shape index (κ3) is 6.75. The van der Waals surface area contributed by atoms with Gasteiger partial charge in [-0.25, -0.2) is 0 Å². The molecular weight excluding hydrogens is 380 g/mol. The standard InChI is InChI=1S/C25H38O5/c1-4-5-6-7-8-12-18-30-25(27)22(19-14-10-9-11-15-19)24(26)23-20(28-2)16-13-17-21(23)29-3/h13,16-17,19,22H,4-12,14-15,18H2,1-3H3. The van der Waals surface area contributed by atoms with Crippen molar-refractivity contribution >= 4 is 11.8 Å². The van der Waals surface area contributed by atoms with Crippen molar-refractivity contribution in [3.8, 4) is 11.5 Å². The zero-order chi connectivity index (χ0) is 21.8. The lowest BCUT2D eigenvalue weighted by molar-refractivity contribution is -0.149. The summed E-state index contributed by atoms with van der Waals surface area (Å²) < 4.78 is 16.4. The van der Waals surface area contributed by atoms with Gasteiger partial charge in [0.15, 0.2) is 5.78 Å². The van der Waals surface area contributed by atoms with Crippen LogP contribution in [0.5, 0.6) is 11.5 Å². The van der Waals surface area contributed by atoms with Gasteiger partial charge in [0.1, 0.15) is 23.0 Å². The van der Waals surface area contributed by atoms with Crippen molar-refractivity contribution in [2.45, 2.75) is 77.6 Å². The first-order chi connectivity index (χ1) is 14.6. The monoisotopic (exact) mass is 418 g/mol. The normalized spacial score (nSPS) is 15.4. The van der Waals surface area contributed by atoms with E-state index in [1.54, 1.807) is 18.2 Å². The molecule has 1 fully saturated rings. The molecule has 1 unspecified atom stereocenters. The van der Waals surface area contributed by atoms with Crippen molar-refractivity contribution < 1.29 is 23.8 Å². The highest BCUT2D eigenvalue weighted by molar-refractivity contribution is 6.11. The second-order valence-corrected chi connectivity index (χ2v) is 8.21. The zero-order valence-electron chi connectivity index (χ0n) is 18.9. The van der Waals surface area contributed by atoms with Gasteiger partial charge >= 0.3 is 5.97 Å². The predicted molar refractivity (Wildman–Crippen MR) is 118 cm³/mol. The molecule has 1 aromatic carbocycles. The summed E-state index contributed by atoms with van der Waals surface area (Å²) in [6, 6.07) is 5.24. The SMILES string of the molecule is CCCCCCCCOC(=O)C(C(=O)c1c(OC)cccc1OC)C1CCCCC1. The summed E-state index contributed by atoms with van der Waals surface area (Å²) in [5.74, 6) is -0.557. The lowest BCUT2D eigenvalue weighted by Crippen LogP contribution is -2.35. The number of methoxy groups -OCH3 is 2. The predicted octanol–water partition coefficient (Wildman–Crippen LogP) is 5.99. The Morgan fingerprint density at radius 2 is 1.53 bits per heavy atom. The minimum absolute atomic E-state index is 0.0120. The molecule has 168 valence electrons. The second-order valence-electron chi connectivity index (χ2n) is 8.21. The van der Waals surface area contributed by atoms with E-state index in [1.807, 2.05) is 0 Å². The van der Waals surface area contributed by atoms with Crippen molar-refractivity contribution in [1.82, 2.24) is 0 Å². The Bertz CT molecular complexity index is 641. The molecule has 0 aliphatic heterocycles. The van der Waals surface area contributed by atoms with Crippen LogP contribution in [0.3, 0.4) is 0 Å². The lowest BCUT2D eigenvalue weighted by Gasteiger charge is -2.28. The number of carbonyl (C=O) groups excluding carboxylic acids is 2. The van der Waals surface area contributed by atoms with Gasteiger partial charge in [-0.05, 0) is 37.3 Å². The average molecular weight is 419 g/mol. The van der Waals surface area contributed by atoms with Gasteiger partial charge in [0, 0.05) is 0 Å². The minimum atomic E-state index is -0.796. The first-order valence-corrected chi connectivity index (χ1v) is 11.6. The van der Waals surface area contributed by atoms with Gasteiger partial charge in [-0.3, -0.25) is 9.59 Å². The van der Waals surface area contributed by atoms with E-state index in [0.29, 0.717) is 23.7 Å². The molecular formula is C25H38O5. The van der Waals surface area contributed by atoms with Gasteiger partial charge in [-0.1, -0.05) is 64.4 Å². The number of benzene rings is 1. The number of rotatable bonds is 13. The summed E-state index contributed by atoms with van der Waals surface area (Å²) >= 11 is 0. The quantitative estimate of drug-likeness (QED) is 0.170. The molecule has 5 nitrogen and oxygen atoms in total. The minimum Gasteiger partial charge on any atom is -0.496 e. The zero-order valence-corrected chi connectivity index (χ0v) is 18.9. The molecule has 5 heteroatoms. The van der Waals surface area contributed by atoms with Crippen molar-refractivity contribution in [1.29, 1.82) is 0 Å². The molecule has 0 radical (unpaired) electrons. The van der Waals surface area contributed by atoms with E-state index in [2.05, 4.69) is 6.92 Å². The van der Waals surface area contributed by atoms with Crippen LogP contribution >= 0.6 is 0 Å². The Kier molecular flexibility index (Phi) is 10.7. The molecule has 1 aromatic rings. The van der Waals surface area contributed by atoms with Gasteiger partial charge in [-0.2, -0.15) is 0 Å². The van der Waals surface area contributed by atoms with Crippen LogP contribution in [-0.4, -0.2) is 32.6 Å². The van der Waals surface area contributed by atoms with Crippen LogP contribution in [-0.2, 0) is 9.53 Å². The molecule has 0 amide bonds. The van der Waals surface area contributed by atoms with Crippen LogP contribution < -0.4 is 9.47 Å². The van der Waals surface area contributed by atoms with Crippen LogP contribution in [0.2, 0.25) is 0 Å². The molecule has 0 bridgehead atoms. The number of ketones is 1. The van der Waals surface area contributed by atoms with E-state index in [4.69, 9.17) is 14.2 Å². The summed E-state index contributed by atoms with van der Waals surface area (Å²) in [5, 5.41) is 0. The Labute approximate surface area is 181 Å². The Morgan fingerprint density at radius 1 is 0.933 bits per heavy atom. The highest BCUT2D eigenvalue weighted by Crippen LogP contribution is 2.37. The number of esters is 1. The van der Waals surface area contributed by atoms with Crippen molar-refractivity contribution in [3.05, 3.63) is 23.8 Å². The van der Waals surface area contributed by atoms with E-state index < -0.39 is 11.9 Å². The van der Waals surface area contributed by atoms with E-state index in [0.717, 1.165) is 51.4 Å². The highest BCUT2D eigenvalue weighted by Gasteiger charge is 2.39. The van der Waals surface area contributed by atoms with E-state index >= 15 is 0 Å². The number of Topliss-reactive ketones (excluding diaryl/α,β-unsaturated/α-hetero) is 1. The van der Waals surface area contributed by atoms with Crippen LogP contribution in [0.25, 0.3) is 0 Å². The maximum absolute atomic E-state index is 13.6. The molecule has 0 N–H and O–H groups in total. The van der Waals surface area contributed by atoms with Crippen LogP contribution in [0, 0.1) is 11.8 Å². The van der Waals surface area contributed by atoms with Gasteiger partial charge in [0.2, 0.25) is 0 Å². The molecule has 0 saturated heterocycles. The Morgan fingerprint density at radius 3 is 2.13 bits per heavy atom. The van der Waals surface area contributed by atoms with Crippen molar-refractivity contribution in [3.63, 3.8) is 0 Å². The molecule has 1 aliphatic rings. The average Bonchev–Trinajstić information content (AvgIpc) is 2.78. The largest absolute Gasteiger partial charge is 0.496 e. The summed E-state index contributed by atoms with van der Waals surface area (Å²) in [5.41, 5.74) is 0.342. The fourth-order valence-electron chi connectivity index (χ4n) is 4.38. The molecule has 1 aliphatic carbocycles. The molecule has 0 spiro atoms. The number of hydrogen-bond acceptors (Lipinski definition) is 5. The van der Waals surface area contributed by atoms with Crippen LogP contribution in [0.15, 0.2) is 18.2 Å². The Balaban J connectivity index is 2.12. The van der Waals surface area contributed by atoms with E-state index in [9.17, 15) is 9.59 Å². The maximum atomic E-state index is 13.6. The molecule has 0 aromatic heterocycles. The first-order valence-electron chi connectivity index (χ1n) is 11.6. The van der Waals surface area contributed by atoms with E-state index in [-0.39, 0.29) is 11.7 Å². The lowest BCUT2D eigenvalue weighted by atomic mass is 9.76. The summed E-state index contributed by atoms with van der Waals surface area (Å²) in [7, 11) is 3.05. The number of carbonyl (C=O) groups is 2. The summed E-state index contributed by atoms with van der Waals surface area (Å²) in [6.07, 6.45) is 11.7. The van der Waals surface area contributed by atoms with Crippen molar-refractivity contribution in [2.24, 2.45) is 11.8 Å². The molecule has 1 saturated carbocycles. The smallest absolute Gasteiger partial charge is 0.317 e. The molecule has 0 heterocycles. The first kappa shape index (κ1) is 24.2. The Hall–Kier alpha value is -2.04. The van der Waals surface area contributed by atoms with Gasteiger partial charge in [-0.15, -0.1) is 0 Å². The highest BCUT2D eigenvalue weighted by atomic mass is 16.5. The molecule has 1 atom stereocenters. The second kappa shape index (κ2) is 13.3. The summed E-state index contributed by atoms with van der Waals surface area (Å²) in [6.45, 7) is 2.57. The number of unbranched alkanes of at least 4 members (excludes halogenated alkanes) is 5. The third-order valence-electron chi connectivity index (χ3n) is 6.07.